The lowest BCUT2D eigenvalue weighted by Gasteiger charge is -2.09. The second-order valence-corrected chi connectivity index (χ2v) is 9.90. The van der Waals surface area contributed by atoms with Crippen LogP contribution in [0.3, 0.4) is 0 Å². The van der Waals surface area contributed by atoms with Crippen LogP contribution in [0.15, 0.2) is 72.9 Å². The van der Waals surface area contributed by atoms with Crippen LogP contribution in [0.4, 0.5) is 4.39 Å². The largest absolute Gasteiger partial charge is 0.492 e. The third-order valence-corrected chi connectivity index (χ3v) is 6.93. The number of hydrogen-bond donors (Lipinski definition) is 0. The minimum atomic E-state index is -0.115. The molecule has 0 spiro atoms. The summed E-state index contributed by atoms with van der Waals surface area (Å²) in [5, 5.41) is 2.34. The molecule has 0 fully saturated rings. The number of rotatable bonds is 13. The molecule has 0 saturated carbocycles. The molecule has 0 saturated heterocycles. The van der Waals surface area contributed by atoms with Crippen LogP contribution in [-0.2, 0) is 25.7 Å². The predicted octanol–water partition coefficient (Wildman–Crippen LogP) is 8.95. The number of halogens is 2. The molecular formula is C32H35ClFNO. The van der Waals surface area contributed by atoms with Crippen LogP contribution in [0.1, 0.15) is 61.4 Å². The summed E-state index contributed by atoms with van der Waals surface area (Å²) in [6.45, 7) is 2.98. The van der Waals surface area contributed by atoms with E-state index in [2.05, 4.69) is 18.0 Å². The van der Waals surface area contributed by atoms with Gasteiger partial charge in [-0.3, -0.25) is 4.98 Å². The maximum atomic E-state index is 15.2. The maximum absolute atomic E-state index is 15.2. The minimum Gasteiger partial charge on any atom is -0.492 e. The Morgan fingerprint density at radius 1 is 0.778 bits per heavy atom. The van der Waals surface area contributed by atoms with Crippen molar-refractivity contribution in [2.24, 2.45) is 0 Å². The molecule has 0 bridgehead atoms. The molecular weight excluding hydrogens is 469 g/mol. The summed E-state index contributed by atoms with van der Waals surface area (Å²) < 4.78 is 21.0. The third kappa shape index (κ3) is 7.54. The number of pyridine rings is 1. The van der Waals surface area contributed by atoms with Crippen molar-refractivity contribution >= 4 is 22.4 Å². The Morgan fingerprint density at radius 3 is 2.33 bits per heavy atom. The monoisotopic (exact) mass is 503 g/mol. The summed E-state index contributed by atoms with van der Waals surface area (Å²) in [7, 11) is 0. The molecule has 0 aliphatic carbocycles. The van der Waals surface area contributed by atoms with Crippen molar-refractivity contribution < 1.29 is 9.13 Å². The van der Waals surface area contributed by atoms with E-state index in [4.69, 9.17) is 16.3 Å². The van der Waals surface area contributed by atoms with E-state index < -0.39 is 0 Å². The van der Waals surface area contributed by atoms with Gasteiger partial charge in [0.15, 0.2) is 0 Å². The quantitative estimate of drug-likeness (QED) is 0.170. The molecule has 1 heterocycles. The van der Waals surface area contributed by atoms with Gasteiger partial charge in [0.25, 0.3) is 0 Å². The first-order chi connectivity index (χ1) is 17.6. The van der Waals surface area contributed by atoms with Gasteiger partial charge in [-0.05, 0) is 78.4 Å². The van der Waals surface area contributed by atoms with E-state index in [1.165, 1.54) is 31.2 Å². The second kappa shape index (κ2) is 13.4. The number of unbranched alkanes of at least 4 members (excludes halogenated alkanes) is 4. The van der Waals surface area contributed by atoms with E-state index in [1.54, 1.807) is 0 Å². The van der Waals surface area contributed by atoms with Gasteiger partial charge >= 0.3 is 0 Å². The van der Waals surface area contributed by atoms with Crippen molar-refractivity contribution in [3.63, 3.8) is 0 Å². The minimum absolute atomic E-state index is 0.115. The Labute approximate surface area is 219 Å². The number of hydrogen-bond acceptors (Lipinski definition) is 2. The van der Waals surface area contributed by atoms with E-state index >= 15 is 4.39 Å². The normalized spacial score (nSPS) is 11.2. The Kier molecular flexibility index (Phi) is 9.75. The molecule has 4 heteroatoms. The van der Waals surface area contributed by atoms with Gasteiger partial charge in [-0.15, -0.1) is 0 Å². The molecule has 0 radical (unpaired) electrons. The average Bonchev–Trinajstić information content (AvgIpc) is 2.90. The summed E-state index contributed by atoms with van der Waals surface area (Å²) >= 11 is 5.96. The molecule has 0 unspecified atom stereocenters. The lowest BCUT2D eigenvalue weighted by atomic mass is 9.98. The summed E-state index contributed by atoms with van der Waals surface area (Å²) in [4.78, 5) is 4.57. The first-order valence-corrected chi connectivity index (χ1v) is 13.5. The number of nitrogens with zero attached hydrogens (tertiary/aromatic N) is 1. The van der Waals surface area contributed by atoms with Crippen LogP contribution in [0.25, 0.3) is 10.8 Å². The fourth-order valence-corrected chi connectivity index (χ4v) is 4.60. The first-order valence-electron chi connectivity index (χ1n) is 13.1. The van der Waals surface area contributed by atoms with Crippen molar-refractivity contribution in [2.45, 2.75) is 64.7 Å². The number of benzene rings is 3. The molecule has 0 N–H and O–H groups in total. The van der Waals surface area contributed by atoms with Gasteiger partial charge in [-0.25, -0.2) is 4.39 Å². The first kappa shape index (κ1) is 26.2. The summed E-state index contributed by atoms with van der Waals surface area (Å²) in [5.41, 5.74) is 4.13. The number of ether oxygens (including phenoxy) is 1. The number of aryl methyl sites for hydroxylation is 4. The molecule has 4 rings (SSSR count). The number of fused-ring (bicyclic) bond motifs is 1. The van der Waals surface area contributed by atoms with Crippen LogP contribution in [-0.4, -0.2) is 11.6 Å². The molecule has 36 heavy (non-hydrogen) atoms. The summed E-state index contributed by atoms with van der Waals surface area (Å²) in [6.07, 6.45) is 11.1. The van der Waals surface area contributed by atoms with Crippen molar-refractivity contribution in [3.8, 4) is 5.75 Å². The Hall–Kier alpha value is -2.91. The van der Waals surface area contributed by atoms with Gasteiger partial charge in [-0.1, -0.05) is 86.7 Å². The highest BCUT2D eigenvalue weighted by molar-refractivity contribution is 6.30. The molecule has 1 aromatic heterocycles. The SMILES string of the molecule is CCCCCCCOc1ccc(CCc2ccc3c(F)c(CCc4ccc(Cl)cc4)ccc3c2)nc1. The molecule has 0 atom stereocenters. The fraction of sp³-hybridized carbons (Fsp3) is 0.344. The van der Waals surface area contributed by atoms with Crippen LogP contribution in [0.5, 0.6) is 5.75 Å². The van der Waals surface area contributed by atoms with Gasteiger partial charge in [0.05, 0.1) is 12.8 Å². The van der Waals surface area contributed by atoms with Gasteiger partial charge in [0.2, 0.25) is 0 Å². The molecule has 0 aliphatic heterocycles. The molecule has 0 amide bonds. The zero-order valence-corrected chi connectivity index (χ0v) is 21.9. The summed E-state index contributed by atoms with van der Waals surface area (Å²) in [6, 6.07) is 21.8. The molecule has 188 valence electrons. The fourth-order valence-electron chi connectivity index (χ4n) is 4.48. The van der Waals surface area contributed by atoms with E-state index in [0.29, 0.717) is 11.8 Å². The second-order valence-electron chi connectivity index (χ2n) is 9.47. The zero-order chi connectivity index (χ0) is 25.2. The highest BCUT2D eigenvalue weighted by atomic mass is 35.5. The van der Waals surface area contributed by atoms with Crippen LogP contribution >= 0.6 is 11.6 Å². The van der Waals surface area contributed by atoms with Crippen LogP contribution in [0.2, 0.25) is 5.02 Å². The Bertz CT molecular complexity index is 1240. The van der Waals surface area contributed by atoms with Crippen LogP contribution < -0.4 is 4.74 Å². The van der Waals surface area contributed by atoms with Crippen molar-refractivity contribution in [1.82, 2.24) is 4.98 Å². The number of aromatic nitrogens is 1. The van der Waals surface area contributed by atoms with E-state index in [1.807, 2.05) is 66.9 Å². The molecule has 0 aliphatic rings. The zero-order valence-electron chi connectivity index (χ0n) is 21.1. The standard InChI is InChI=1S/C32H35ClFNO/c1-2-3-4-5-6-21-36-30-19-18-29(35-23-30)17-10-25-11-20-31-27(22-25)14-13-26(32(31)34)12-7-24-8-15-28(33)16-9-24/h8-9,11,13-16,18-20,22-23H,2-7,10,12,17,21H2,1H3. The lowest BCUT2D eigenvalue weighted by molar-refractivity contribution is 0.303. The highest BCUT2D eigenvalue weighted by Crippen LogP contribution is 2.24. The summed E-state index contributed by atoms with van der Waals surface area (Å²) in [5.74, 6) is 0.720. The van der Waals surface area contributed by atoms with Crippen molar-refractivity contribution in [2.75, 3.05) is 6.61 Å². The molecule has 4 aromatic rings. The Balaban J connectivity index is 1.29. The topological polar surface area (TPSA) is 22.1 Å². The predicted molar refractivity (Wildman–Crippen MR) is 149 cm³/mol. The average molecular weight is 504 g/mol. The highest BCUT2D eigenvalue weighted by Gasteiger charge is 2.09. The van der Waals surface area contributed by atoms with Gasteiger partial charge in [-0.2, -0.15) is 0 Å². The van der Waals surface area contributed by atoms with Gasteiger partial charge in [0.1, 0.15) is 11.6 Å². The van der Waals surface area contributed by atoms with Gasteiger partial charge in [0, 0.05) is 16.1 Å². The van der Waals surface area contributed by atoms with Crippen LogP contribution in [0, 0.1) is 5.82 Å². The molecule has 2 nitrogen and oxygen atoms in total. The smallest absolute Gasteiger partial charge is 0.137 e. The van der Waals surface area contributed by atoms with E-state index in [0.717, 1.165) is 65.3 Å². The maximum Gasteiger partial charge on any atom is 0.137 e. The molecule has 3 aromatic carbocycles. The van der Waals surface area contributed by atoms with E-state index in [9.17, 15) is 0 Å². The van der Waals surface area contributed by atoms with E-state index in [-0.39, 0.29) is 5.82 Å². The van der Waals surface area contributed by atoms with Crippen molar-refractivity contribution in [3.05, 3.63) is 106 Å². The Morgan fingerprint density at radius 2 is 1.56 bits per heavy atom. The third-order valence-electron chi connectivity index (χ3n) is 6.68. The lowest BCUT2D eigenvalue weighted by Crippen LogP contribution is -2.00. The van der Waals surface area contributed by atoms with Gasteiger partial charge < -0.3 is 4.74 Å². The van der Waals surface area contributed by atoms with Crippen molar-refractivity contribution in [1.29, 1.82) is 0 Å².